The van der Waals surface area contributed by atoms with E-state index in [9.17, 15) is 9.59 Å². The highest BCUT2D eigenvalue weighted by Gasteiger charge is 2.16. The van der Waals surface area contributed by atoms with Crippen molar-refractivity contribution in [2.45, 2.75) is 13.0 Å². The number of H-pyrrole nitrogens is 1. The van der Waals surface area contributed by atoms with Gasteiger partial charge in [0.15, 0.2) is 0 Å². The third-order valence-corrected chi connectivity index (χ3v) is 3.53. The molecule has 0 unspecified atom stereocenters. The van der Waals surface area contributed by atoms with Crippen LogP contribution in [0.3, 0.4) is 0 Å². The molecule has 0 radical (unpaired) electrons. The van der Waals surface area contributed by atoms with Crippen molar-refractivity contribution in [2.75, 3.05) is 13.7 Å². The van der Waals surface area contributed by atoms with Gasteiger partial charge in [0.2, 0.25) is 5.58 Å². The molecule has 0 amide bonds. The van der Waals surface area contributed by atoms with Gasteiger partial charge < -0.3 is 9.15 Å². The van der Waals surface area contributed by atoms with E-state index in [-0.39, 0.29) is 5.58 Å². The summed E-state index contributed by atoms with van der Waals surface area (Å²) in [6.07, 6.45) is 0.644. The fourth-order valence-electron chi connectivity index (χ4n) is 2.38. The number of halogens is 1. The molecule has 7 heteroatoms. The number of ether oxygens (including phenoxy) is 1. The average molecular weight is 309 g/mol. The van der Waals surface area contributed by atoms with E-state index in [0.29, 0.717) is 41.1 Å². The highest BCUT2D eigenvalue weighted by Crippen LogP contribution is 2.28. The van der Waals surface area contributed by atoms with Crippen molar-refractivity contribution >= 4 is 33.7 Å². The molecule has 0 aliphatic carbocycles. The number of hydrogen-bond acceptors (Lipinski definition) is 4. The fraction of sp³-hybridized carbons (Fsp3) is 0.286. The van der Waals surface area contributed by atoms with Gasteiger partial charge in [-0.25, -0.2) is 4.79 Å². The molecule has 1 N–H and O–H groups in total. The molecule has 6 nitrogen and oxygen atoms in total. The summed E-state index contributed by atoms with van der Waals surface area (Å²) in [4.78, 5) is 26.3. The second kappa shape index (κ2) is 5.38. The van der Waals surface area contributed by atoms with Crippen molar-refractivity contribution in [1.82, 2.24) is 9.55 Å². The van der Waals surface area contributed by atoms with E-state index < -0.39 is 11.2 Å². The van der Waals surface area contributed by atoms with Crippen LogP contribution in [0.15, 0.2) is 32.2 Å². The lowest BCUT2D eigenvalue weighted by molar-refractivity contribution is 0.190. The largest absolute Gasteiger partial charge is 0.449 e. The summed E-state index contributed by atoms with van der Waals surface area (Å²) in [5.41, 5.74) is 0.115. The zero-order valence-corrected chi connectivity index (χ0v) is 12.1. The molecule has 0 saturated carbocycles. The Hall–Kier alpha value is -2.05. The van der Waals surface area contributed by atoms with Gasteiger partial charge in [-0.3, -0.25) is 14.3 Å². The van der Waals surface area contributed by atoms with Gasteiger partial charge in [0.05, 0.1) is 0 Å². The lowest BCUT2D eigenvalue weighted by Crippen LogP contribution is -2.30. The molecule has 0 bridgehead atoms. The summed E-state index contributed by atoms with van der Waals surface area (Å²) < 4.78 is 12.0. The van der Waals surface area contributed by atoms with Gasteiger partial charge in [-0.2, -0.15) is 0 Å². The van der Waals surface area contributed by atoms with E-state index in [2.05, 4.69) is 4.98 Å². The van der Waals surface area contributed by atoms with Crippen molar-refractivity contribution in [3.8, 4) is 0 Å². The Morgan fingerprint density at radius 3 is 2.95 bits per heavy atom. The second-order valence-electron chi connectivity index (χ2n) is 4.68. The Morgan fingerprint density at radius 2 is 2.19 bits per heavy atom. The van der Waals surface area contributed by atoms with Crippen LogP contribution in [0.5, 0.6) is 0 Å². The first-order valence-corrected chi connectivity index (χ1v) is 6.83. The van der Waals surface area contributed by atoms with Crippen molar-refractivity contribution in [2.24, 2.45) is 0 Å². The van der Waals surface area contributed by atoms with Crippen LogP contribution in [0, 0.1) is 0 Å². The van der Waals surface area contributed by atoms with Crippen molar-refractivity contribution in [1.29, 1.82) is 0 Å². The van der Waals surface area contributed by atoms with Crippen molar-refractivity contribution in [3.05, 3.63) is 44.1 Å². The maximum absolute atomic E-state index is 12.1. The van der Waals surface area contributed by atoms with Crippen LogP contribution in [0.4, 0.5) is 0 Å². The van der Waals surface area contributed by atoms with Crippen molar-refractivity contribution in [3.63, 3.8) is 0 Å². The minimum Gasteiger partial charge on any atom is -0.449 e. The fourth-order valence-corrected chi connectivity index (χ4v) is 2.55. The Labute approximate surface area is 123 Å². The average Bonchev–Trinajstić information content (AvgIpc) is 2.82. The number of methoxy groups -OCH3 is 1. The number of benzene rings is 1. The number of aromatic nitrogens is 2. The topological polar surface area (TPSA) is 77.2 Å². The third kappa shape index (κ3) is 2.36. The van der Waals surface area contributed by atoms with Crippen LogP contribution in [-0.2, 0) is 11.3 Å². The molecule has 21 heavy (non-hydrogen) atoms. The van der Waals surface area contributed by atoms with Gasteiger partial charge >= 0.3 is 5.69 Å². The summed E-state index contributed by atoms with van der Waals surface area (Å²) in [6.45, 7) is 0.935. The van der Waals surface area contributed by atoms with Gasteiger partial charge in [-0.15, -0.1) is 0 Å². The molecule has 0 aliphatic rings. The SMILES string of the molecule is COCCCn1c(=O)[nH]c(=O)c2oc3ccc(Cl)cc3c21. The summed E-state index contributed by atoms with van der Waals surface area (Å²) >= 11 is 6.00. The summed E-state index contributed by atoms with van der Waals surface area (Å²) in [6, 6.07) is 5.04. The Bertz CT molecular complexity index is 922. The van der Waals surface area contributed by atoms with Crippen LogP contribution in [0.1, 0.15) is 6.42 Å². The third-order valence-electron chi connectivity index (χ3n) is 3.30. The van der Waals surface area contributed by atoms with Crippen LogP contribution in [0.25, 0.3) is 22.1 Å². The molecule has 0 fully saturated rings. The number of hydrogen-bond donors (Lipinski definition) is 1. The van der Waals surface area contributed by atoms with Crippen LogP contribution >= 0.6 is 11.6 Å². The highest BCUT2D eigenvalue weighted by molar-refractivity contribution is 6.31. The molecule has 2 heterocycles. The Morgan fingerprint density at radius 1 is 1.38 bits per heavy atom. The predicted octanol–water partition coefficient (Wildman–Crippen LogP) is 2.13. The van der Waals surface area contributed by atoms with E-state index in [4.69, 9.17) is 20.8 Å². The first-order valence-electron chi connectivity index (χ1n) is 6.45. The first-order chi connectivity index (χ1) is 10.1. The van der Waals surface area contributed by atoms with Crippen LogP contribution < -0.4 is 11.2 Å². The zero-order valence-electron chi connectivity index (χ0n) is 11.3. The molecular formula is C14H13ClN2O4. The Kier molecular flexibility index (Phi) is 3.57. The zero-order chi connectivity index (χ0) is 15.0. The van der Waals surface area contributed by atoms with E-state index in [1.54, 1.807) is 25.3 Å². The molecule has 1 aromatic carbocycles. The normalized spacial score (nSPS) is 11.5. The molecule has 0 saturated heterocycles. The smallest absolute Gasteiger partial charge is 0.329 e. The quantitative estimate of drug-likeness (QED) is 0.749. The standard InChI is InChI=1S/C14H13ClN2O4/c1-20-6-2-5-17-11-9-7-8(15)3-4-10(9)21-12(11)13(18)16-14(17)19/h3-4,7H,2,5-6H2,1H3,(H,16,18,19). The van der Waals surface area contributed by atoms with Crippen LogP contribution in [-0.4, -0.2) is 23.3 Å². The van der Waals surface area contributed by atoms with E-state index in [1.165, 1.54) is 4.57 Å². The number of aromatic amines is 1. The number of rotatable bonds is 4. The number of fused-ring (bicyclic) bond motifs is 3. The number of aryl methyl sites for hydroxylation is 1. The first kappa shape index (κ1) is 13.9. The minimum absolute atomic E-state index is 0.129. The van der Waals surface area contributed by atoms with E-state index in [0.717, 1.165) is 0 Å². The molecule has 0 atom stereocenters. The summed E-state index contributed by atoms with van der Waals surface area (Å²) in [5.74, 6) is 0. The molecular weight excluding hydrogens is 296 g/mol. The predicted molar refractivity (Wildman–Crippen MR) is 80.1 cm³/mol. The van der Waals surface area contributed by atoms with Gasteiger partial charge in [0, 0.05) is 30.7 Å². The molecule has 2 aromatic heterocycles. The number of nitrogens with zero attached hydrogens (tertiary/aromatic N) is 1. The minimum atomic E-state index is -0.537. The molecule has 0 aliphatic heterocycles. The molecule has 3 aromatic rings. The molecule has 110 valence electrons. The maximum atomic E-state index is 12.1. The van der Waals surface area contributed by atoms with Gasteiger partial charge in [0.1, 0.15) is 11.1 Å². The monoisotopic (exact) mass is 308 g/mol. The van der Waals surface area contributed by atoms with E-state index in [1.807, 2.05) is 0 Å². The highest BCUT2D eigenvalue weighted by atomic mass is 35.5. The summed E-state index contributed by atoms with van der Waals surface area (Å²) in [5, 5.41) is 1.17. The number of nitrogens with one attached hydrogen (secondary N) is 1. The van der Waals surface area contributed by atoms with Gasteiger partial charge in [-0.1, -0.05) is 11.6 Å². The second-order valence-corrected chi connectivity index (χ2v) is 5.11. The molecule has 0 spiro atoms. The van der Waals surface area contributed by atoms with Gasteiger partial charge in [-0.05, 0) is 24.6 Å². The lowest BCUT2D eigenvalue weighted by atomic mass is 10.2. The van der Waals surface area contributed by atoms with Gasteiger partial charge in [0.25, 0.3) is 5.56 Å². The summed E-state index contributed by atoms with van der Waals surface area (Å²) in [7, 11) is 1.60. The maximum Gasteiger partial charge on any atom is 0.329 e. The van der Waals surface area contributed by atoms with E-state index >= 15 is 0 Å². The number of furan rings is 1. The Balaban J connectivity index is 2.34. The lowest BCUT2D eigenvalue weighted by Gasteiger charge is -2.06. The van der Waals surface area contributed by atoms with Crippen LogP contribution in [0.2, 0.25) is 5.02 Å². The molecule has 3 rings (SSSR count). The van der Waals surface area contributed by atoms with Crippen molar-refractivity contribution < 1.29 is 9.15 Å².